The molecule has 10 nitrogen and oxygen atoms in total. The molecule has 1 atom stereocenters. The third-order valence-electron chi connectivity index (χ3n) is 7.32. The third-order valence-corrected chi connectivity index (χ3v) is 7.32. The van der Waals surface area contributed by atoms with E-state index >= 15 is 0 Å². The van der Waals surface area contributed by atoms with Crippen LogP contribution in [0, 0.1) is 6.57 Å². The van der Waals surface area contributed by atoms with Gasteiger partial charge in [-0.2, -0.15) is 0 Å². The second-order valence-corrected chi connectivity index (χ2v) is 10.4. The van der Waals surface area contributed by atoms with Crippen LogP contribution in [0.2, 0.25) is 0 Å². The van der Waals surface area contributed by atoms with E-state index < -0.39 is 0 Å². The zero-order chi connectivity index (χ0) is 29.5. The van der Waals surface area contributed by atoms with Crippen molar-refractivity contribution in [3.8, 4) is 11.3 Å². The monoisotopic (exact) mass is 563 g/mol. The molecule has 2 aromatic heterocycles. The molecule has 1 fully saturated rings. The predicted octanol–water partition coefficient (Wildman–Crippen LogP) is 4.09. The number of allylic oxidation sites excluding steroid dienone is 1. The molecule has 0 aliphatic carbocycles. The second kappa shape index (κ2) is 13.2. The van der Waals surface area contributed by atoms with E-state index in [2.05, 4.69) is 20.1 Å². The van der Waals surface area contributed by atoms with Crippen LogP contribution in [0.25, 0.3) is 27.0 Å². The lowest BCUT2D eigenvalue weighted by Crippen LogP contribution is -2.31. The minimum Gasteiger partial charge on any atom is -0.395 e. The lowest BCUT2D eigenvalue weighted by Gasteiger charge is -2.18. The number of anilines is 1. The average molecular weight is 564 g/mol. The highest BCUT2D eigenvalue weighted by Crippen LogP contribution is 2.34. The van der Waals surface area contributed by atoms with E-state index in [-0.39, 0.29) is 30.8 Å². The van der Waals surface area contributed by atoms with E-state index in [0.29, 0.717) is 49.1 Å². The molecule has 0 saturated carbocycles. The van der Waals surface area contributed by atoms with Gasteiger partial charge in [-0.25, -0.2) is 14.8 Å². The fraction of sp³-hybridized carbons (Fsp3) is 0.281. The van der Waals surface area contributed by atoms with Crippen LogP contribution >= 0.6 is 0 Å². The van der Waals surface area contributed by atoms with Crippen LogP contribution in [-0.4, -0.2) is 87.4 Å². The molecule has 214 valence electrons. The minimum absolute atomic E-state index is 0.0144. The molecule has 3 heterocycles. The van der Waals surface area contributed by atoms with Crippen molar-refractivity contribution in [1.29, 1.82) is 0 Å². The Balaban J connectivity index is 1.18. The van der Waals surface area contributed by atoms with Crippen molar-refractivity contribution in [2.75, 3.05) is 45.2 Å². The van der Waals surface area contributed by atoms with Gasteiger partial charge in [0.1, 0.15) is 0 Å². The van der Waals surface area contributed by atoms with Crippen LogP contribution in [0.5, 0.6) is 0 Å². The minimum atomic E-state index is -0.0623. The van der Waals surface area contributed by atoms with Crippen LogP contribution in [0.1, 0.15) is 22.3 Å². The first-order valence-corrected chi connectivity index (χ1v) is 13.9. The molecule has 4 aromatic rings. The molecule has 1 saturated heterocycles. The molecule has 5 rings (SSSR count). The molecule has 0 unspecified atom stereocenters. The zero-order valence-corrected chi connectivity index (χ0v) is 23.5. The topological polar surface area (TPSA) is 119 Å². The summed E-state index contributed by atoms with van der Waals surface area (Å²) in [5, 5.41) is 13.3. The van der Waals surface area contributed by atoms with Crippen molar-refractivity contribution in [3.63, 3.8) is 0 Å². The number of fused-ring (bicyclic) bond motifs is 1. The number of benzene rings is 2. The number of rotatable bonds is 11. The Bertz CT molecular complexity index is 1640. The Morgan fingerprint density at radius 2 is 2.05 bits per heavy atom. The highest BCUT2D eigenvalue weighted by atomic mass is 16.3. The highest BCUT2D eigenvalue weighted by molar-refractivity contribution is 5.98. The second-order valence-electron chi connectivity index (χ2n) is 10.4. The van der Waals surface area contributed by atoms with Crippen molar-refractivity contribution >= 4 is 34.2 Å². The van der Waals surface area contributed by atoms with Crippen molar-refractivity contribution in [2.45, 2.75) is 18.9 Å². The van der Waals surface area contributed by atoms with E-state index in [4.69, 9.17) is 16.7 Å². The summed E-state index contributed by atoms with van der Waals surface area (Å²) < 4.78 is 0. The number of carbonyl (C=O) groups excluding carboxylic acids is 2. The van der Waals surface area contributed by atoms with Crippen LogP contribution < -0.4 is 5.32 Å². The number of ketones is 1. The van der Waals surface area contributed by atoms with Crippen LogP contribution in [-0.2, 0) is 11.2 Å². The van der Waals surface area contributed by atoms with Crippen LogP contribution in [0.15, 0.2) is 73.1 Å². The number of amides is 1. The molecule has 0 radical (unpaired) electrons. The van der Waals surface area contributed by atoms with Gasteiger partial charge in [-0.3, -0.25) is 9.59 Å². The number of nitrogens with one attached hydrogen (secondary N) is 2. The lowest BCUT2D eigenvalue weighted by atomic mass is 10.1. The standard InChI is InChI=1S/C32H33N7O3/c1-33-29-20-35-32(37-30(29)27-19-34-28-8-4-3-7-26(27)28)36-24-13-15-39(21-24)31(42)23-11-9-22(10-12-23)18-25(41)6-5-14-38(2)16-17-40/h3-12,19-20,24,34,40H,13-18,21H2,2H3,(H,35,36,37)/b6-5+/t24-/m1/s1. The van der Waals surface area contributed by atoms with Gasteiger partial charge in [-0.1, -0.05) is 36.4 Å². The van der Waals surface area contributed by atoms with Crippen molar-refractivity contribution in [1.82, 2.24) is 24.8 Å². The predicted molar refractivity (Wildman–Crippen MR) is 162 cm³/mol. The van der Waals surface area contributed by atoms with E-state index in [1.807, 2.05) is 54.5 Å². The van der Waals surface area contributed by atoms with Gasteiger partial charge in [0.25, 0.3) is 5.91 Å². The van der Waals surface area contributed by atoms with Gasteiger partial charge in [-0.15, -0.1) is 0 Å². The Morgan fingerprint density at radius 3 is 2.83 bits per heavy atom. The highest BCUT2D eigenvalue weighted by Gasteiger charge is 2.28. The number of aromatic amines is 1. The van der Waals surface area contributed by atoms with Gasteiger partial charge in [-0.05, 0) is 43.3 Å². The number of carbonyl (C=O) groups is 2. The SMILES string of the molecule is [C-]#[N+]c1cnc(N[C@@H]2CCN(C(=O)c3ccc(CC(=O)/C=C/CN(C)CCO)cc3)C2)nc1-c1c[nH]c2ccccc12. The van der Waals surface area contributed by atoms with Crippen molar-refractivity contribution in [3.05, 3.63) is 95.6 Å². The first kappa shape index (κ1) is 28.7. The van der Waals surface area contributed by atoms with E-state index in [9.17, 15) is 9.59 Å². The fourth-order valence-corrected chi connectivity index (χ4v) is 5.07. The Hall–Kier alpha value is -4.85. The first-order chi connectivity index (χ1) is 20.4. The third kappa shape index (κ3) is 6.71. The quantitative estimate of drug-likeness (QED) is 0.186. The number of aliphatic hydroxyl groups excluding tert-OH is 1. The molecule has 1 aliphatic heterocycles. The number of hydrogen-bond acceptors (Lipinski definition) is 7. The van der Waals surface area contributed by atoms with E-state index in [0.717, 1.165) is 28.5 Å². The molecule has 3 N–H and O–H groups in total. The van der Waals surface area contributed by atoms with Crippen molar-refractivity contribution < 1.29 is 14.7 Å². The number of aromatic nitrogens is 3. The number of hydrogen-bond donors (Lipinski definition) is 3. The summed E-state index contributed by atoms with van der Waals surface area (Å²) in [5.74, 6) is 0.345. The summed E-state index contributed by atoms with van der Waals surface area (Å²) in [5.41, 5.74) is 4.17. The first-order valence-electron chi connectivity index (χ1n) is 13.9. The average Bonchev–Trinajstić information content (AvgIpc) is 3.65. The van der Waals surface area contributed by atoms with Crippen LogP contribution in [0.4, 0.5) is 11.6 Å². The van der Waals surface area contributed by atoms with Gasteiger partial charge < -0.3 is 25.2 Å². The summed E-state index contributed by atoms with van der Waals surface area (Å²) >= 11 is 0. The molecular weight excluding hydrogens is 530 g/mol. The normalized spacial score (nSPS) is 15.0. The Labute approximate surface area is 244 Å². The molecule has 1 amide bonds. The number of H-pyrrole nitrogens is 1. The summed E-state index contributed by atoms with van der Waals surface area (Å²) in [4.78, 5) is 45.1. The van der Waals surface area contributed by atoms with E-state index in [1.165, 1.54) is 6.20 Å². The van der Waals surface area contributed by atoms with E-state index in [1.54, 1.807) is 29.2 Å². The molecule has 42 heavy (non-hydrogen) atoms. The maximum atomic E-state index is 13.2. The fourth-order valence-electron chi connectivity index (χ4n) is 5.07. The van der Waals surface area contributed by atoms with Gasteiger partial charge in [0.05, 0.1) is 18.9 Å². The smallest absolute Gasteiger partial charge is 0.253 e. The molecule has 0 bridgehead atoms. The Morgan fingerprint density at radius 1 is 1.24 bits per heavy atom. The summed E-state index contributed by atoms with van der Waals surface area (Å²) in [6, 6.07) is 15.0. The number of likely N-dealkylation sites (N-methyl/N-ethyl adjacent to an activating group) is 1. The Kier molecular flexibility index (Phi) is 9.02. The number of likely N-dealkylation sites (tertiary alicyclic amines) is 1. The molecule has 0 spiro atoms. The van der Waals surface area contributed by atoms with Gasteiger partial charge in [0, 0.05) is 73.1 Å². The summed E-state index contributed by atoms with van der Waals surface area (Å²) in [6.45, 7) is 9.92. The van der Waals surface area contributed by atoms with Gasteiger partial charge >= 0.3 is 0 Å². The molecule has 1 aliphatic rings. The molecule has 10 heteroatoms. The zero-order valence-electron chi connectivity index (χ0n) is 23.5. The number of nitrogens with zero attached hydrogens (tertiary/aromatic N) is 5. The summed E-state index contributed by atoms with van der Waals surface area (Å²) in [7, 11) is 1.88. The number of aliphatic hydroxyl groups is 1. The van der Waals surface area contributed by atoms with Gasteiger partial charge in [0.2, 0.25) is 11.6 Å². The lowest BCUT2D eigenvalue weighted by molar-refractivity contribution is -0.114. The largest absolute Gasteiger partial charge is 0.395 e. The maximum absolute atomic E-state index is 13.2. The van der Waals surface area contributed by atoms with Crippen LogP contribution in [0.3, 0.4) is 0 Å². The maximum Gasteiger partial charge on any atom is 0.253 e. The number of para-hydroxylation sites is 1. The summed E-state index contributed by atoms with van der Waals surface area (Å²) in [6.07, 6.45) is 7.76. The molecule has 2 aromatic carbocycles. The van der Waals surface area contributed by atoms with Crippen molar-refractivity contribution in [2.24, 2.45) is 0 Å². The van der Waals surface area contributed by atoms with Gasteiger partial charge in [0.15, 0.2) is 5.78 Å². The molecular formula is C32H33N7O3.